The topological polar surface area (TPSA) is 18.5 Å². The third-order valence-corrected chi connectivity index (χ3v) is 2.33. The number of hydrogen-bond acceptors (Lipinski definition) is 2. The molecule has 0 aromatic heterocycles. The molecule has 1 aromatic carbocycles. The van der Waals surface area contributed by atoms with Gasteiger partial charge in [-0.3, -0.25) is 0 Å². The number of halogens is 4. The molecule has 0 N–H and O–H groups in total. The molecule has 0 atom stereocenters. The van der Waals surface area contributed by atoms with Crippen LogP contribution in [0.15, 0.2) is 18.2 Å². The molecule has 0 heterocycles. The highest BCUT2D eigenvalue weighted by molar-refractivity contribution is 14.1. The van der Waals surface area contributed by atoms with E-state index >= 15 is 0 Å². The molecule has 0 saturated carbocycles. The van der Waals surface area contributed by atoms with Crippen LogP contribution in [0.4, 0.5) is 13.2 Å². The molecule has 0 saturated heterocycles. The molecule has 0 spiro atoms. The summed E-state index contributed by atoms with van der Waals surface area (Å²) in [5, 5.41) is 0. The van der Waals surface area contributed by atoms with Crippen LogP contribution in [0.5, 0.6) is 11.5 Å². The standard InChI is InChI=1S/C9H8F3IO2/c1-2-14-8-5-6(3-4-7(8)13)15-9(10,11)12/h3-5H,2H2,1H3. The Bertz CT molecular complexity index is 339. The third kappa shape index (κ3) is 4.15. The summed E-state index contributed by atoms with van der Waals surface area (Å²) in [7, 11) is 0. The lowest BCUT2D eigenvalue weighted by molar-refractivity contribution is -0.274. The predicted octanol–water partition coefficient (Wildman–Crippen LogP) is 3.59. The molecule has 15 heavy (non-hydrogen) atoms. The molecule has 0 aliphatic rings. The van der Waals surface area contributed by atoms with Crippen LogP contribution >= 0.6 is 22.6 Å². The Balaban J connectivity index is 2.87. The van der Waals surface area contributed by atoms with Crippen molar-refractivity contribution in [2.45, 2.75) is 13.3 Å². The van der Waals surface area contributed by atoms with Gasteiger partial charge in [0.2, 0.25) is 0 Å². The van der Waals surface area contributed by atoms with Crippen LogP contribution in [0.3, 0.4) is 0 Å². The van der Waals surface area contributed by atoms with Crippen LogP contribution in [-0.2, 0) is 0 Å². The summed E-state index contributed by atoms with van der Waals surface area (Å²) >= 11 is 1.98. The SMILES string of the molecule is CCOc1cc(OC(F)(F)F)ccc1I. The fourth-order valence-electron chi connectivity index (χ4n) is 0.947. The normalized spacial score (nSPS) is 11.3. The molecule has 0 aliphatic heterocycles. The van der Waals surface area contributed by atoms with Crippen LogP contribution in [0.2, 0.25) is 0 Å². The average molecular weight is 332 g/mol. The van der Waals surface area contributed by atoms with E-state index in [2.05, 4.69) is 4.74 Å². The minimum atomic E-state index is -4.67. The van der Waals surface area contributed by atoms with E-state index in [9.17, 15) is 13.2 Å². The molecular weight excluding hydrogens is 324 g/mol. The second-order valence-corrected chi connectivity index (χ2v) is 3.74. The van der Waals surface area contributed by atoms with Crippen molar-refractivity contribution in [3.63, 3.8) is 0 Å². The van der Waals surface area contributed by atoms with Gasteiger partial charge in [0.15, 0.2) is 0 Å². The van der Waals surface area contributed by atoms with Crippen LogP contribution in [0.25, 0.3) is 0 Å². The van der Waals surface area contributed by atoms with Crippen molar-refractivity contribution in [2.75, 3.05) is 6.61 Å². The Kier molecular flexibility index (Phi) is 4.06. The fraction of sp³-hybridized carbons (Fsp3) is 0.333. The van der Waals surface area contributed by atoms with Gasteiger partial charge in [-0.25, -0.2) is 0 Å². The van der Waals surface area contributed by atoms with E-state index in [-0.39, 0.29) is 5.75 Å². The van der Waals surface area contributed by atoms with Crippen LogP contribution in [-0.4, -0.2) is 13.0 Å². The lowest BCUT2D eigenvalue weighted by Crippen LogP contribution is -2.17. The van der Waals surface area contributed by atoms with Gasteiger partial charge in [-0.15, -0.1) is 13.2 Å². The Hall–Kier alpha value is -0.660. The van der Waals surface area contributed by atoms with E-state index in [1.165, 1.54) is 18.2 Å². The third-order valence-electron chi connectivity index (χ3n) is 1.44. The maximum atomic E-state index is 11.9. The van der Waals surface area contributed by atoms with E-state index < -0.39 is 6.36 Å². The second kappa shape index (κ2) is 4.91. The summed E-state index contributed by atoms with van der Waals surface area (Å²) in [6.45, 7) is 2.15. The number of hydrogen-bond donors (Lipinski definition) is 0. The number of ether oxygens (including phenoxy) is 2. The first-order valence-corrected chi connectivity index (χ1v) is 5.18. The Morgan fingerprint density at radius 1 is 1.33 bits per heavy atom. The van der Waals surface area contributed by atoms with Gasteiger partial charge >= 0.3 is 6.36 Å². The molecule has 1 rings (SSSR count). The van der Waals surface area contributed by atoms with Crippen molar-refractivity contribution in [1.82, 2.24) is 0 Å². The molecule has 0 bridgehead atoms. The van der Waals surface area contributed by atoms with Crippen molar-refractivity contribution >= 4 is 22.6 Å². The summed E-state index contributed by atoms with van der Waals surface area (Å²) < 4.78 is 45.3. The highest BCUT2D eigenvalue weighted by Crippen LogP contribution is 2.29. The molecule has 0 aliphatic carbocycles. The van der Waals surface area contributed by atoms with Crippen molar-refractivity contribution in [2.24, 2.45) is 0 Å². The highest BCUT2D eigenvalue weighted by Gasteiger charge is 2.31. The smallest absolute Gasteiger partial charge is 0.493 e. The second-order valence-electron chi connectivity index (χ2n) is 2.57. The average Bonchev–Trinajstić information content (AvgIpc) is 2.09. The van der Waals surface area contributed by atoms with E-state index in [4.69, 9.17) is 4.74 Å². The van der Waals surface area contributed by atoms with Gasteiger partial charge in [0.1, 0.15) is 11.5 Å². The van der Waals surface area contributed by atoms with E-state index in [1.54, 1.807) is 6.92 Å². The first-order chi connectivity index (χ1) is 6.92. The molecule has 0 fully saturated rings. The lowest BCUT2D eigenvalue weighted by Gasteiger charge is -2.11. The van der Waals surface area contributed by atoms with Crippen LogP contribution < -0.4 is 9.47 Å². The van der Waals surface area contributed by atoms with Crippen LogP contribution in [0.1, 0.15) is 6.92 Å². The van der Waals surface area contributed by atoms with Crippen molar-refractivity contribution in [1.29, 1.82) is 0 Å². The number of rotatable bonds is 3. The fourth-order valence-corrected chi connectivity index (χ4v) is 1.44. The molecule has 2 nitrogen and oxygen atoms in total. The van der Waals surface area contributed by atoms with Gasteiger partial charge in [-0.2, -0.15) is 0 Å². The maximum absolute atomic E-state index is 11.9. The van der Waals surface area contributed by atoms with Crippen molar-refractivity contribution < 1.29 is 22.6 Å². The van der Waals surface area contributed by atoms with Gasteiger partial charge in [0.25, 0.3) is 0 Å². The lowest BCUT2D eigenvalue weighted by atomic mass is 10.3. The van der Waals surface area contributed by atoms with Gasteiger partial charge in [-0.05, 0) is 41.6 Å². The zero-order chi connectivity index (χ0) is 11.5. The van der Waals surface area contributed by atoms with E-state index in [0.717, 1.165) is 3.57 Å². The van der Waals surface area contributed by atoms with Gasteiger partial charge in [0.05, 0.1) is 10.2 Å². The van der Waals surface area contributed by atoms with Gasteiger partial charge in [0, 0.05) is 6.07 Å². The van der Waals surface area contributed by atoms with Gasteiger partial charge < -0.3 is 9.47 Å². The van der Waals surface area contributed by atoms with Crippen molar-refractivity contribution in [3.8, 4) is 11.5 Å². The monoisotopic (exact) mass is 332 g/mol. The van der Waals surface area contributed by atoms with E-state index in [0.29, 0.717) is 12.4 Å². The first-order valence-electron chi connectivity index (χ1n) is 4.10. The Morgan fingerprint density at radius 2 is 2.00 bits per heavy atom. The minimum Gasteiger partial charge on any atom is -0.493 e. The molecule has 1 aromatic rings. The zero-order valence-electron chi connectivity index (χ0n) is 7.77. The molecule has 0 amide bonds. The molecule has 0 radical (unpaired) electrons. The Labute approximate surface area is 98.5 Å². The predicted molar refractivity (Wildman–Crippen MR) is 57.0 cm³/mol. The maximum Gasteiger partial charge on any atom is 0.573 e. The molecule has 6 heteroatoms. The first kappa shape index (κ1) is 12.4. The van der Waals surface area contributed by atoms with Crippen LogP contribution in [0, 0.1) is 3.57 Å². The number of alkyl halides is 3. The molecule has 84 valence electrons. The Morgan fingerprint density at radius 3 is 2.53 bits per heavy atom. The summed E-state index contributed by atoms with van der Waals surface area (Å²) in [6, 6.07) is 3.98. The summed E-state index contributed by atoms with van der Waals surface area (Å²) in [5.41, 5.74) is 0. The van der Waals surface area contributed by atoms with Crippen molar-refractivity contribution in [3.05, 3.63) is 21.8 Å². The highest BCUT2D eigenvalue weighted by atomic mass is 127. The number of benzene rings is 1. The zero-order valence-corrected chi connectivity index (χ0v) is 9.93. The molecule has 0 unspecified atom stereocenters. The quantitative estimate of drug-likeness (QED) is 0.788. The van der Waals surface area contributed by atoms with Gasteiger partial charge in [-0.1, -0.05) is 0 Å². The molecular formula is C9H8F3IO2. The summed E-state index contributed by atoms with van der Waals surface area (Å²) in [6.07, 6.45) is -4.67. The largest absolute Gasteiger partial charge is 0.573 e. The summed E-state index contributed by atoms with van der Waals surface area (Å²) in [5.74, 6) is 0.117. The van der Waals surface area contributed by atoms with E-state index in [1.807, 2.05) is 22.6 Å². The summed E-state index contributed by atoms with van der Waals surface area (Å²) in [4.78, 5) is 0. The minimum absolute atomic E-state index is 0.272.